The van der Waals surface area contributed by atoms with Crippen molar-refractivity contribution >= 4 is 11.7 Å². The largest absolute Gasteiger partial charge is 0.497 e. The molecule has 2 rings (SSSR count). The van der Waals surface area contributed by atoms with Gasteiger partial charge in [-0.05, 0) is 42.5 Å². The number of anilines is 1. The Morgan fingerprint density at radius 2 is 1.57 bits per heavy atom. The predicted octanol–water partition coefficient (Wildman–Crippen LogP) is 3.03. The Balaban J connectivity index is 1.95. The van der Waals surface area contributed by atoms with Gasteiger partial charge in [0.2, 0.25) is 0 Å². The number of rotatable bonds is 6. The van der Waals surface area contributed by atoms with E-state index in [9.17, 15) is 4.79 Å². The van der Waals surface area contributed by atoms with Gasteiger partial charge in [0, 0.05) is 17.8 Å². The Morgan fingerprint density at radius 3 is 2.17 bits per heavy atom. The number of carbonyl (C=O) groups excluding carboxylic acids is 1. The van der Waals surface area contributed by atoms with Gasteiger partial charge in [0.15, 0.2) is 0 Å². The minimum absolute atomic E-state index is 0.306. The normalized spacial score (nSPS) is 9.87. The van der Waals surface area contributed by atoms with Crippen molar-refractivity contribution < 1.29 is 19.0 Å². The quantitative estimate of drug-likeness (QED) is 0.859. The van der Waals surface area contributed by atoms with Gasteiger partial charge in [0.05, 0.1) is 21.3 Å². The number of ether oxygens (including phenoxy) is 3. The molecule has 6 heteroatoms. The summed E-state index contributed by atoms with van der Waals surface area (Å²) in [5.41, 5.74) is 1.51. The van der Waals surface area contributed by atoms with Crippen LogP contribution in [0.5, 0.6) is 17.2 Å². The summed E-state index contributed by atoms with van der Waals surface area (Å²) in [5, 5.41) is 5.54. The molecule has 122 valence electrons. The third kappa shape index (κ3) is 4.54. The highest BCUT2D eigenvalue weighted by Gasteiger charge is 2.07. The second-order valence-electron chi connectivity index (χ2n) is 4.71. The van der Waals surface area contributed by atoms with E-state index in [1.807, 2.05) is 6.07 Å². The van der Waals surface area contributed by atoms with Gasteiger partial charge in [0.1, 0.15) is 17.2 Å². The lowest BCUT2D eigenvalue weighted by Gasteiger charge is -2.12. The van der Waals surface area contributed by atoms with Crippen molar-refractivity contribution in [2.24, 2.45) is 0 Å². The highest BCUT2D eigenvalue weighted by atomic mass is 16.5. The lowest BCUT2D eigenvalue weighted by Crippen LogP contribution is -2.28. The summed E-state index contributed by atoms with van der Waals surface area (Å²) in [4.78, 5) is 12.0. The molecule has 6 nitrogen and oxygen atoms in total. The zero-order valence-electron chi connectivity index (χ0n) is 13.4. The molecule has 0 aliphatic carbocycles. The van der Waals surface area contributed by atoms with Crippen LogP contribution in [0.25, 0.3) is 0 Å². The van der Waals surface area contributed by atoms with Crippen LogP contribution in [-0.2, 0) is 6.54 Å². The van der Waals surface area contributed by atoms with Crippen LogP contribution in [-0.4, -0.2) is 27.4 Å². The van der Waals surface area contributed by atoms with E-state index >= 15 is 0 Å². The molecule has 2 N–H and O–H groups in total. The van der Waals surface area contributed by atoms with Gasteiger partial charge in [-0.25, -0.2) is 4.79 Å². The number of methoxy groups -OCH3 is 3. The first-order valence-corrected chi connectivity index (χ1v) is 7.06. The molecular weight excluding hydrogens is 296 g/mol. The summed E-state index contributed by atoms with van der Waals surface area (Å²) in [7, 11) is 4.77. The molecule has 2 aromatic carbocycles. The number of hydrogen-bond donors (Lipinski definition) is 2. The fraction of sp³-hybridized carbons (Fsp3) is 0.235. The van der Waals surface area contributed by atoms with Gasteiger partial charge >= 0.3 is 6.03 Å². The molecule has 0 heterocycles. The molecule has 2 amide bonds. The van der Waals surface area contributed by atoms with Crippen LogP contribution >= 0.6 is 0 Å². The first kappa shape index (κ1) is 16.5. The number of nitrogens with one attached hydrogen (secondary N) is 2. The van der Waals surface area contributed by atoms with E-state index < -0.39 is 0 Å². The summed E-state index contributed by atoms with van der Waals surface area (Å²) >= 11 is 0. The zero-order chi connectivity index (χ0) is 16.7. The first-order valence-electron chi connectivity index (χ1n) is 7.06. The fourth-order valence-electron chi connectivity index (χ4n) is 2.05. The third-order valence-electron chi connectivity index (χ3n) is 3.27. The molecular formula is C17H20N2O4. The maximum atomic E-state index is 12.0. The summed E-state index contributed by atoms with van der Waals surface area (Å²) in [5.74, 6) is 2.13. The summed E-state index contributed by atoms with van der Waals surface area (Å²) in [6.45, 7) is 0.322. The summed E-state index contributed by atoms with van der Waals surface area (Å²) in [6, 6.07) is 12.2. The maximum absolute atomic E-state index is 12.0. The van der Waals surface area contributed by atoms with Crippen LogP contribution in [0.4, 0.5) is 10.5 Å². The molecule has 0 aromatic heterocycles. The molecule has 0 saturated heterocycles. The molecule has 0 unspecified atom stereocenters. The average Bonchev–Trinajstić information content (AvgIpc) is 2.60. The van der Waals surface area contributed by atoms with Gasteiger partial charge in [-0.3, -0.25) is 0 Å². The van der Waals surface area contributed by atoms with E-state index in [1.165, 1.54) is 0 Å². The summed E-state index contributed by atoms with van der Waals surface area (Å²) < 4.78 is 15.5. The number of benzene rings is 2. The zero-order valence-corrected chi connectivity index (χ0v) is 13.4. The van der Waals surface area contributed by atoms with Crippen molar-refractivity contribution in [3.05, 3.63) is 48.0 Å². The lowest BCUT2D eigenvalue weighted by atomic mass is 10.2. The topological polar surface area (TPSA) is 68.8 Å². The van der Waals surface area contributed by atoms with E-state index in [1.54, 1.807) is 57.7 Å². The van der Waals surface area contributed by atoms with E-state index in [4.69, 9.17) is 14.2 Å². The molecule has 0 fully saturated rings. The molecule has 0 spiro atoms. The molecule has 0 radical (unpaired) electrons. The molecule has 0 saturated carbocycles. The van der Waals surface area contributed by atoms with Gasteiger partial charge in [-0.2, -0.15) is 0 Å². The SMILES string of the molecule is COc1ccc(NC(=O)NCc2cc(OC)ccc2OC)cc1. The Bertz CT molecular complexity index is 656. The van der Waals surface area contributed by atoms with Gasteiger partial charge in [-0.15, -0.1) is 0 Å². The van der Waals surface area contributed by atoms with Crippen LogP contribution in [0.2, 0.25) is 0 Å². The summed E-state index contributed by atoms with van der Waals surface area (Å²) in [6.07, 6.45) is 0. The van der Waals surface area contributed by atoms with E-state index in [0.29, 0.717) is 23.7 Å². The second-order valence-corrected chi connectivity index (χ2v) is 4.71. The predicted molar refractivity (Wildman–Crippen MR) is 88.4 cm³/mol. The Hall–Kier alpha value is -2.89. The highest BCUT2D eigenvalue weighted by Crippen LogP contribution is 2.23. The molecule has 23 heavy (non-hydrogen) atoms. The monoisotopic (exact) mass is 316 g/mol. The number of amides is 2. The van der Waals surface area contributed by atoms with Crippen LogP contribution in [0.3, 0.4) is 0 Å². The number of carbonyl (C=O) groups is 1. The third-order valence-corrected chi connectivity index (χ3v) is 3.27. The van der Waals surface area contributed by atoms with Crippen LogP contribution in [0.15, 0.2) is 42.5 Å². The van der Waals surface area contributed by atoms with Crippen molar-refractivity contribution in [2.45, 2.75) is 6.54 Å². The molecule has 0 bridgehead atoms. The standard InChI is InChI=1S/C17H20N2O4/c1-21-14-6-4-13(5-7-14)19-17(20)18-11-12-10-15(22-2)8-9-16(12)23-3/h4-10H,11H2,1-3H3,(H2,18,19,20). The Labute approximate surface area is 135 Å². The lowest BCUT2D eigenvalue weighted by molar-refractivity contribution is 0.251. The van der Waals surface area contributed by atoms with Crippen molar-refractivity contribution in [1.29, 1.82) is 0 Å². The van der Waals surface area contributed by atoms with Crippen molar-refractivity contribution in [3.8, 4) is 17.2 Å². The van der Waals surface area contributed by atoms with E-state index in [2.05, 4.69) is 10.6 Å². The minimum atomic E-state index is -0.306. The maximum Gasteiger partial charge on any atom is 0.319 e. The van der Waals surface area contributed by atoms with Crippen LogP contribution in [0.1, 0.15) is 5.56 Å². The van der Waals surface area contributed by atoms with Gasteiger partial charge < -0.3 is 24.8 Å². The van der Waals surface area contributed by atoms with E-state index in [0.717, 1.165) is 11.3 Å². The molecule has 0 aliphatic rings. The Kier molecular flexibility index (Phi) is 5.68. The highest BCUT2D eigenvalue weighted by molar-refractivity contribution is 5.89. The number of urea groups is 1. The van der Waals surface area contributed by atoms with Gasteiger partial charge in [-0.1, -0.05) is 0 Å². The second kappa shape index (κ2) is 7.93. The molecule has 2 aromatic rings. The molecule has 0 atom stereocenters. The average molecular weight is 316 g/mol. The van der Waals surface area contributed by atoms with Crippen LogP contribution < -0.4 is 24.8 Å². The first-order chi connectivity index (χ1) is 11.2. The van der Waals surface area contributed by atoms with Crippen molar-refractivity contribution in [1.82, 2.24) is 5.32 Å². The van der Waals surface area contributed by atoms with E-state index in [-0.39, 0.29) is 6.03 Å². The van der Waals surface area contributed by atoms with Crippen LogP contribution in [0, 0.1) is 0 Å². The Morgan fingerprint density at radius 1 is 0.913 bits per heavy atom. The smallest absolute Gasteiger partial charge is 0.319 e. The van der Waals surface area contributed by atoms with Crippen molar-refractivity contribution in [2.75, 3.05) is 26.6 Å². The minimum Gasteiger partial charge on any atom is -0.497 e. The fourth-order valence-corrected chi connectivity index (χ4v) is 2.05. The molecule has 0 aliphatic heterocycles. The van der Waals surface area contributed by atoms with Gasteiger partial charge in [0.25, 0.3) is 0 Å². The van der Waals surface area contributed by atoms with Crippen molar-refractivity contribution in [3.63, 3.8) is 0 Å². The number of hydrogen-bond acceptors (Lipinski definition) is 4.